The van der Waals surface area contributed by atoms with Crippen LogP contribution in [0.3, 0.4) is 0 Å². The van der Waals surface area contributed by atoms with Gasteiger partial charge in [0.15, 0.2) is 0 Å². The van der Waals surface area contributed by atoms with Crippen LogP contribution in [0.25, 0.3) is 5.57 Å². The number of hydrogen-bond donors (Lipinski definition) is 0. The van der Waals surface area contributed by atoms with Crippen molar-refractivity contribution in [2.45, 2.75) is 20.8 Å². The molecule has 1 rings (SSSR count). The van der Waals surface area contributed by atoms with Crippen LogP contribution < -0.4 is 0 Å². The summed E-state index contributed by atoms with van der Waals surface area (Å²) in [6.07, 6.45) is 7.80. The van der Waals surface area contributed by atoms with E-state index in [1.165, 1.54) is 5.56 Å². The average Bonchev–Trinajstić information content (AvgIpc) is 2.22. The second kappa shape index (κ2) is 5.30. The summed E-state index contributed by atoms with van der Waals surface area (Å²) in [4.78, 5) is 4.54. The highest BCUT2D eigenvalue weighted by Gasteiger charge is 2.00. The molecule has 0 amide bonds. The molecular weight excluding hydrogens is 182 g/mol. The summed E-state index contributed by atoms with van der Waals surface area (Å²) in [5, 5.41) is 0. The third-order valence-electron chi connectivity index (χ3n) is 2.29. The van der Waals surface area contributed by atoms with E-state index >= 15 is 0 Å². The average molecular weight is 199 g/mol. The summed E-state index contributed by atoms with van der Waals surface area (Å²) in [6, 6.07) is 4.13. The van der Waals surface area contributed by atoms with Gasteiger partial charge in [-0.1, -0.05) is 36.9 Å². The largest absolute Gasteiger partial charge is 0.253 e. The third kappa shape index (κ3) is 2.91. The van der Waals surface area contributed by atoms with E-state index in [2.05, 4.69) is 24.6 Å². The number of aryl methyl sites for hydroxylation is 2. The molecule has 0 saturated heterocycles. The van der Waals surface area contributed by atoms with Gasteiger partial charge in [-0.25, -0.2) is 0 Å². The van der Waals surface area contributed by atoms with Gasteiger partial charge in [-0.3, -0.25) is 4.98 Å². The summed E-state index contributed by atoms with van der Waals surface area (Å²) >= 11 is 0. The van der Waals surface area contributed by atoms with Gasteiger partial charge in [-0.2, -0.15) is 0 Å². The molecule has 0 atom stereocenters. The zero-order valence-electron chi connectivity index (χ0n) is 9.62. The lowest BCUT2D eigenvalue weighted by Gasteiger charge is -2.04. The molecule has 0 saturated carbocycles. The molecule has 0 N–H and O–H groups in total. The summed E-state index contributed by atoms with van der Waals surface area (Å²) in [5.74, 6) is 0. The van der Waals surface area contributed by atoms with Crippen molar-refractivity contribution in [3.63, 3.8) is 0 Å². The lowest BCUT2D eigenvalue weighted by Crippen LogP contribution is -1.92. The van der Waals surface area contributed by atoms with Gasteiger partial charge in [0, 0.05) is 5.69 Å². The molecule has 0 spiro atoms. The number of hydrogen-bond acceptors (Lipinski definition) is 1. The van der Waals surface area contributed by atoms with Gasteiger partial charge in [-0.05, 0) is 38.0 Å². The number of rotatable bonds is 3. The molecule has 0 aliphatic carbocycles. The summed E-state index contributed by atoms with van der Waals surface area (Å²) in [7, 11) is 0. The lowest BCUT2D eigenvalue weighted by atomic mass is 10.1. The molecule has 0 unspecified atom stereocenters. The molecule has 0 aliphatic rings. The predicted molar refractivity (Wildman–Crippen MR) is 66.7 cm³/mol. The first-order valence-corrected chi connectivity index (χ1v) is 5.09. The molecule has 1 heterocycles. The summed E-state index contributed by atoms with van der Waals surface area (Å²) < 4.78 is 0. The lowest BCUT2D eigenvalue weighted by molar-refractivity contribution is 1.13. The molecular formula is C14H17N. The van der Waals surface area contributed by atoms with E-state index in [1.54, 1.807) is 6.08 Å². The number of aromatic nitrogens is 1. The van der Waals surface area contributed by atoms with Crippen LogP contribution >= 0.6 is 0 Å². The van der Waals surface area contributed by atoms with Crippen LogP contribution in [0.5, 0.6) is 0 Å². The normalized spacial score (nSPS) is 12.1. The van der Waals surface area contributed by atoms with Crippen molar-refractivity contribution in [3.8, 4) is 0 Å². The Morgan fingerprint density at radius 2 is 2.07 bits per heavy atom. The first-order valence-electron chi connectivity index (χ1n) is 5.09. The SMILES string of the molecule is C=C/C=C(\C=C/C)c1ccc(C)c(C)n1. The molecule has 15 heavy (non-hydrogen) atoms. The Kier molecular flexibility index (Phi) is 4.04. The van der Waals surface area contributed by atoms with Crippen molar-refractivity contribution in [2.75, 3.05) is 0 Å². The summed E-state index contributed by atoms with van der Waals surface area (Å²) in [5.41, 5.74) is 4.39. The standard InChI is InChI=1S/C14H17N/c1-5-7-13(8-6-2)14-10-9-11(3)12(4)15-14/h5-10H,1H2,2-4H3/b8-6-,13-7+. The number of nitrogens with zero attached hydrogens (tertiary/aromatic N) is 1. The smallest absolute Gasteiger partial charge is 0.0705 e. The minimum atomic E-state index is 0.996. The van der Waals surface area contributed by atoms with Crippen LogP contribution in [0.1, 0.15) is 23.9 Å². The fourth-order valence-electron chi connectivity index (χ4n) is 1.32. The third-order valence-corrected chi connectivity index (χ3v) is 2.29. The van der Waals surface area contributed by atoms with E-state index in [9.17, 15) is 0 Å². The van der Waals surface area contributed by atoms with Gasteiger partial charge in [0.25, 0.3) is 0 Å². The van der Waals surface area contributed by atoms with Crippen LogP contribution in [0.2, 0.25) is 0 Å². The van der Waals surface area contributed by atoms with Gasteiger partial charge in [0.2, 0.25) is 0 Å². The van der Waals surface area contributed by atoms with Crippen molar-refractivity contribution in [2.24, 2.45) is 0 Å². The van der Waals surface area contributed by atoms with E-state index in [-0.39, 0.29) is 0 Å². The maximum atomic E-state index is 4.54. The fraction of sp³-hybridized carbons (Fsp3) is 0.214. The van der Waals surface area contributed by atoms with Crippen molar-refractivity contribution in [3.05, 3.63) is 60.0 Å². The summed E-state index contributed by atoms with van der Waals surface area (Å²) in [6.45, 7) is 9.80. The van der Waals surface area contributed by atoms with Gasteiger partial charge in [-0.15, -0.1) is 0 Å². The Labute approximate surface area is 91.9 Å². The van der Waals surface area contributed by atoms with E-state index in [4.69, 9.17) is 0 Å². The van der Waals surface area contributed by atoms with Crippen LogP contribution in [0.4, 0.5) is 0 Å². The van der Waals surface area contributed by atoms with Crippen molar-refractivity contribution >= 4 is 5.57 Å². The van der Waals surface area contributed by atoms with E-state index in [0.717, 1.165) is 17.0 Å². The van der Waals surface area contributed by atoms with Crippen LogP contribution in [0, 0.1) is 13.8 Å². The Hall–Kier alpha value is -1.63. The molecule has 1 aromatic heterocycles. The fourth-order valence-corrected chi connectivity index (χ4v) is 1.32. The van der Waals surface area contributed by atoms with Crippen LogP contribution in [-0.2, 0) is 0 Å². The van der Waals surface area contributed by atoms with Crippen LogP contribution in [0.15, 0.2) is 43.0 Å². The highest BCUT2D eigenvalue weighted by Crippen LogP contribution is 2.15. The Balaban J connectivity index is 3.18. The molecule has 0 fully saturated rings. The van der Waals surface area contributed by atoms with Gasteiger partial charge in [0.05, 0.1) is 5.69 Å². The van der Waals surface area contributed by atoms with Crippen molar-refractivity contribution in [1.29, 1.82) is 0 Å². The first-order chi connectivity index (χ1) is 7.19. The second-order valence-electron chi connectivity index (χ2n) is 3.46. The Morgan fingerprint density at radius 3 is 2.60 bits per heavy atom. The number of pyridine rings is 1. The molecule has 78 valence electrons. The monoisotopic (exact) mass is 199 g/mol. The predicted octanol–water partition coefficient (Wildman–Crippen LogP) is 3.84. The highest BCUT2D eigenvalue weighted by molar-refractivity contribution is 5.72. The maximum absolute atomic E-state index is 4.54. The molecule has 0 aliphatic heterocycles. The maximum Gasteiger partial charge on any atom is 0.0705 e. The molecule has 1 aromatic rings. The molecule has 0 radical (unpaired) electrons. The molecule has 0 aromatic carbocycles. The van der Waals surface area contributed by atoms with Gasteiger partial charge < -0.3 is 0 Å². The van der Waals surface area contributed by atoms with E-state index in [1.807, 2.05) is 38.1 Å². The van der Waals surface area contributed by atoms with E-state index < -0.39 is 0 Å². The molecule has 0 bridgehead atoms. The van der Waals surface area contributed by atoms with Crippen LogP contribution in [-0.4, -0.2) is 4.98 Å². The Bertz CT molecular complexity index is 411. The van der Waals surface area contributed by atoms with Gasteiger partial charge in [0.1, 0.15) is 0 Å². The molecule has 1 nitrogen and oxygen atoms in total. The first kappa shape index (κ1) is 11.4. The Morgan fingerprint density at radius 1 is 1.33 bits per heavy atom. The van der Waals surface area contributed by atoms with Crippen molar-refractivity contribution in [1.82, 2.24) is 4.98 Å². The minimum absolute atomic E-state index is 0.996. The quantitative estimate of drug-likeness (QED) is 0.674. The zero-order valence-corrected chi connectivity index (χ0v) is 9.62. The van der Waals surface area contributed by atoms with Crippen molar-refractivity contribution < 1.29 is 0 Å². The van der Waals surface area contributed by atoms with Gasteiger partial charge >= 0.3 is 0 Å². The molecule has 1 heteroatoms. The number of allylic oxidation sites excluding steroid dienone is 5. The minimum Gasteiger partial charge on any atom is -0.253 e. The second-order valence-corrected chi connectivity index (χ2v) is 3.46. The topological polar surface area (TPSA) is 12.9 Å². The zero-order chi connectivity index (χ0) is 11.3. The van der Waals surface area contributed by atoms with E-state index in [0.29, 0.717) is 0 Å². The highest BCUT2D eigenvalue weighted by atomic mass is 14.7.